The van der Waals surface area contributed by atoms with Crippen LogP contribution in [0.2, 0.25) is 5.28 Å². The van der Waals surface area contributed by atoms with E-state index in [0.717, 1.165) is 175 Å². The number of rotatable bonds is 13. The maximum atomic E-state index is 8.90. The second-order valence-electron chi connectivity index (χ2n) is 29.8. The molecular formula is C106H63BClN10O4S2. The Hall–Kier alpha value is -15.6. The van der Waals surface area contributed by atoms with Crippen LogP contribution in [-0.2, 0) is 0 Å². The van der Waals surface area contributed by atoms with E-state index in [-0.39, 0.29) is 5.28 Å². The zero-order valence-corrected chi connectivity index (χ0v) is 68.1. The summed E-state index contributed by atoms with van der Waals surface area (Å²) in [5.74, 6) is 3.36. The molecule has 0 atom stereocenters. The van der Waals surface area contributed by atoms with E-state index in [4.69, 9.17) is 50.0 Å². The molecule has 0 saturated heterocycles. The van der Waals surface area contributed by atoms with E-state index in [9.17, 15) is 0 Å². The Morgan fingerprint density at radius 1 is 0.274 bits per heavy atom. The number of furan rings is 2. The van der Waals surface area contributed by atoms with Gasteiger partial charge in [0.25, 0.3) is 0 Å². The van der Waals surface area contributed by atoms with Crippen LogP contribution in [0.25, 0.3) is 230 Å². The molecule has 583 valence electrons. The first-order chi connectivity index (χ1) is 61.3. The fourth-order valence-corrected chi connectivity index (χ4v) is 19.4. The van der Waals surface area contributed by atoms with E-state index in [1.165, 1.54) is 20.2 Å². The van der Waals surface area contributed by atoms with Gasteiger partial charge in [0.2, 0.25) is 5.28 Å². The fraction of sp³-hybridized carbons (Fsp3) is 0. The van der Waals surface area contributed by atoms with Gasteiger partial charge in [0, 0.05) is 131 Å². The molecule has 18 heteroatoms. The van der Waals surface area contributed by atoms with Crippen molar-refractivity contribution < 1.29 is 18.5 Å². The lowest BCUT2D eigenvalue weighted by Gasteiger charge is -2.10. The Bertz CT molecular complexity index is 8260. The van der Waals surface area contributed by atoms with Crippen LogP contribution in [-0.4, -0.2) is 62.5 Å². The van der Waals surface area contributed by atoms with Gasteiger partial charge in [0.15, 0.2) is 34.7 Å². The monoisotopic (exact) mass is 1650 g/mol. The zero-order chi connectivity index (χ0) is 82.6. The Labute approximate surface area is 722 Å². The highest BCUT2D eigenvalue weighted by Crippen LogP contribution is 2.47. The minimum absolute atomic E-state index is 0.171. The summed E-state index contributed by atoms with van der Waals surface area (Å²) in [6, 6.07) is 117. The van der Waals surface area contributed by atoms with Crippen LogP contribution < -0.4 is 4.65 Å². The van der Waals surface area contributed by atoms with Crippen molar-refractivity contribution in [1.82, 2.24) is 49.8 Å². The minimum atomic E-state index is 0.171. The third-order valence-electron chi connectivity index (χ3n) is 22.5. The summed E-state index contributed by atoms with van der Waals surface area (Å²) >= 11 is 9.97. The van der Waals surface area contributed by atoms with Gasteiger partial charge < -0.3 is 18.5 Å². The Kier molecular flexibility index (Phi) is 19.4. The molecule has 0 saturated carbocycles. The predicted molar refractivity (Wildman–Crippen MR) is 506 cm³/mol. The first-order valence-corrected chi connectivity index (χ1v) is 42.3. The van der Waals surface area contributed by atoms with Crippen molar-refractivity contribution in [2.24, 2.45) is 0 Å². The molecule has 0 amide bonds. The SMILES string of the molecule is Clc1nc(-c2ccc3ccccc3c2)nc(-c2cccc3c2sc2cc(-c4ccccc4-c4cnccn4)ccc23)n1.O[B]Oc1cccc2c1oc1c(-c3ccccc3)cccc12.c1ccc(-c2cccc3c2oc2c(-c4nc(-c5ccc6ccccc6c5)nc(-c5cccc6c5sc5cc(-c7ccccc7-c7cnccn7)ccc56)n4)cccc23)cc1. The van der Waals surface area contributed by atoms with Gasteiger partial charge in [-0.2, -0.15) is 9.97 Å². The first kappa shape index (κ1) is 74.7. The zero-order valence-electron chi connectivity index (χ0n) is 65.7. The van der Waals surface area contributed by atoms with E-state index < -0.39 is 0 Å². The number of hydrogen-bond acceptors (Lipinski definition) is 16. The Balaban J connectivity index is 0.000000123. The molecule has 8 heterocycles. The molecular weight excluding hydrogens is 1590 g/mol. The van der Waals surface area contributed by atoms with Gasteiger partial charge in [-0.3, -0.25) is 19.9 Å². The maximum Gasteiger partial charge on any atom is 0.569 e. The molecule has 0 unspecified atom stereocenters. The molecule has 0 bridgehead atoms. The number of aromatic nitrogens is 10. The van der Waals surface area contributed by atoms with Crippen LogP contribution in [0.15, 0.2) is 386 Å². The van der Waals surface area contributed by atoms with Gasteiger partial charge in [0.05, 0.1) is 29.3 Å². The molecule has 24 aromatic rings. The van der Waals surface area contributed by atoms with Crippen molar-refractivity contribution in [2.45, 2.75) is 0 Å². The topological polar surface area (TPSA) is 185 Å². The number of halogens is 1. The van der Waals surface area contributed by atoms with Crippen molar-refractivity contribution >= 4 is 148 Å². The molecule has 16 aromatic carbocycles. The van der Waals surface area contributed by atoms with Crippen LogP contribution >= 0.6 is 34.3 Å². The highest BCUT2D eigenvalue weighted by Gasteiger charge is 2.25. The number of nitrogens with zero attached hydrogens (tertiary/aromatic N) is 10. The molecule has 0 aliphatic carbocycles. The smallest absolute Gasteiger partial charge is 0.535 e. The third-order valence-corrected chi connectivity index (χ3v) is 25.1. The van der Waals surface area contributed by atoms with Crippen LogP contribution in [0.5, 0.6) is 5.75 Å². The normalized spacial score (nSPS) is 11.5. The van der Waals surface area contributed by atoms with Gasteiger partial charge in [-0.25, -0.2) is 19.9 Å². The first-order valence-electron chi connectivity index (χ1n) is 40.2. The fourth-order valence-electron chi connectivity index (χ4n) is 16.7. The average molecular weight is 1650 g/mol. The standard InChI is InChI=1S/C53H31N5OS.C35H20ClN5S.C18H12BO3/c1-2-12-33(13-3-1)38-17-8-18-41-42-19-9-21-44(49(42)59-48(38)41)52-56-51(36-24-23-32-11-4-5-14-34(32)29-36)57-53(58-52)45-22-10-20-43-40-26-25-35(30-47(40)60-50(43)45)37-15-6-7-16-39(37)46-31-54-27-28-55-46;36-35-40-33(24-13-12-21-6-1-2-7-22(21)18-24)39-34(41-35)29-11-5-10-28-27-15-14-23(19-31(27)42-32(28)29)25-8-3-4-9-26(25)30-20-37-16-17-38-30;20-19-22-16-11-5-10-15-14-9-4-8-13(17(14)21-18(15)16)12-6-2-1-3-7-12/h1-31H;1-20H;1-11,20H. The second-order valence-corrected chi connectivity index (χ2v) is 32.2. The van der Waals surface area contributed by atoms with Crippen molar-refractivity contribution in [2.75, 3.05) is 0 Å². The van der Waals surface area contributed by atoms with Gasteiger partial charge >= 0.3 is 7.69 Å². The van der Waals surface area contributed by atoms with Crippen molar-refractivity contribution in [3.8, 4) is 130 Å². The minimum Gasteiger partial charge on any atom is -0.535 e. The third kappa shape index (κ3) is 13.9. The van der Waals surface area contributed by atoms with Gasteiger partial charge in [0.1, 0.15) is 22.5 Å². The van der Waals surface area contributed by atoms with E-state index in [0.29, 0.717) is 48.1 Å². The molecule has 0 aliphatic heterocycles. The summed E-state index contributed by atoms with van der Waals surface area (Å²) < 4.78 is 22.6. The summed E-state index contributed by atoms with van der Waals surface area (Å²) in [6.45, 7) is 0. The van der Waals surface area contributed by atoms with E-state index in [1.54, 1.807) is 59.7 Å². The summed E-state index contributed by atoms with van der Waals surface area (Å²) in [7, 11) is 0.667. The number of para-hydroxylation sites is 4. The number of fused-ring (bicyclic) bond motifs is 14. The molecule has 0 fully saturated rings. The molecule has 0 aliphatic rings. The van der Waals surface area contributed by atoms with E-state index >= 15 is 0 Å². The van der Waals surface area contributed by atoms with Gasteiger partial charge in [-0.15, -0.1) is 22.7 Å². The highest BCUT2D eigenvalue weighted by atomic mass is 35.5. The summed E-state index contributed by atoms with van der Waals surface area (Å²) in [6.07, 6.45) is 10.5. The molecule has 14 nitrogen and oxygen atoms in total. The van der Waals surface area contributed by atoms with E-state index in [2.05, 4.69) is 279 Å². The van der Waals surface area contributed by atoms with Gasteiger partial charge in [-0.1, -0.05) is 291 Å². The Morgan fingerprint density at radius 3 is 1.14 bits per heavy atom. The maximum absolute atomic E-state index is 8.90. The lowest BCUT2D eigenvalue weighted by atomic mass is 9.97. The number of benzene rings is 16. The second kappa shape index (κ2) is 32.2. The lowest BCUT2D eigenvalue weighted by Crippen LogP contribution is -2.00. The van der Waals surface area contributed by atoms with Crippen LogP contribution in [0.1, 0.15) is 0 Å². The average Bonchev–Trinajstić information content (AvgIpc) is 1.60. The molecule has 1 radical (unpaired) electrons. The Morgan fingerprint density at radius 2 is 0.645 bits per heavy atom. The van der Waals surface area contributed by atoms with Crippen LogP contribution in [0.3, 0.4) is 0 Å². The molecule has 124 heavy (non-hydrogen) atoms. The summed E-state index contributed by atoms with van der Waals surface area (Å²) in [5.41, 5.74) is 20.0. The van der Waals surface area contributed by atoms with Crippen LogP contribution in [0.4, 0.5) is 0 Å². The highest BCUT2D eigenvalue weighted by molar-refractivity contribution is 7.26. The van der Waals surface area contributed by atoms with Crippen molar-refractivity contribution in [3.05, 3.63) is 382 Å². The predicted octanol–water partition coefficient (Wildman–Crippen LogP) is 27.7. The van der Waals surface area contributed by atoms with Crippen molar-refractivity contribution in [3.63, 3.8) is 0 Å². The molecule has 0 spiro atoms. The number of thiophene rings is 2. The quantitative estimate of drug-likeness (QED) is 0.108. The van der Waals surface area contributed by atoms with E-state index in [1.807, 2.05) is 91.1 Å². The number of hydrogen-bond donors (Lipinski definition) is 1. The molecule has 24 rings (SSSR count). The lowest BCUT2D eigenvalue weighted by molar-refractivity contribution is 0.451. The molecule has 1 N–H and O–H groups in total. The largest absolute Gasteiger partial charge is 0.569 e. The van der Waals surface area contributed by atoms with Crippen LogP contribution in [0, 0.1) is 0 Å². The van der Waals surface area contributed by atoms with Crippen molar-refractivity contribution in [1.29, 1.82) is 0 Å². The van der Waals surface area contributed by atoms with Gasteiger partial charge in [-0.05, 0) is 115 Å². The molecule has 8 aromatic heterocycles. The summed E-state index contributed by atoms with van der Waals surface area (Å²) in [4.78, 5) is 47.5. The summed E-state index contributed by atoms with van der Waals surface area (Å²) in [5, 5.41) is 22.4.